The minimum atomic E-state index is -0.442. The van der Waals surface area contributed by atoms with Crippen molar-refractivity contribution in [1.82, 2.24) is 5.32 Å². The Kier molecular flexibility index (Phi) is 10.2. The molecule has 5 rings (SSSR count). The molecule has 5 aliphatic carbocycles. The number of amides is 1. The molecule has 37 heavy (non-hydrogen) atoms. The summed E-state index contributed by atoms with van der Waals surface area (Å²) in [7, 11) is 0. The van der Waals surface area contributed by atoms with Gasteiger partial charge in [-0.05, 0) is 107 Å². The summed E-state index contributed by atoms with van der Waals surface area (Å²) in [5.41, 5.74) is 1.99. The molecule has 2 N–H and O–H groups in total. The van der Waals surface area contributed by atoms with Crippen molar-refractivity contribution >= 4 is 5.91 Å². The van der Waals surface area contributed by atoms with Crippen LogP contribution in [0.15, 0.2) is 35.5 Å². The fourth-order valence-electron chi connectivity index (χ4n) is 8.05. The molecule has 0 aromatic rings. The fraction of sp³-hybridized carbons (Fsp3) is 0.735. The third-order valence-corrected chi connectivity index (χ3v) is 9.81. The van der Waals surface area contributed by atoms with Crippen LogP contribution in [0.5, 0.6) is 0 Å². The first-order chi connectivity index (χ1) is 17.8. The van der Waals surface area contributed by atoms with Crippen LogP contribution in [0.25, 0.3) is 0 Å². The van der Waals surface area contributed by atoms with Crippen LogP contribution in [0, 0.1) is 41.4 Å². The molecular weight excluding hydrogens is 454 g/mol. The van der Waals surface area contributed by atoms with Gasteiger partial charge in [0.2, 0.25) is 5.91 Å². The number of hydrogen-bond donors (Lipinski definition) is 2. The highest BCUT2D eigenvalue weighted by molar-refractivity contribution is 5.93. The lowest BCUT2D eigenvalue weighted by atomic mass is 9.53. The number of carbonyl (C=O) groups excluding carboxylic acids is 1. The van der Waals surface area contributed by atoms with E-state index in [4.69, 9.17) is 0 Å². The average molecular weight is 506 g/mol. The van der Waals surface area contributed by atoms with E-state index in [0.29, 0.717) is 0 Å². The third kappa shape index (κ3) is 8.10. The van der Waals surface area contributed by atoms with E-state index in [2.05, 4.69) is 37.1 Å². The van der Waals surface area contributed by atoms with Crippen molar-refractivity contribution in [3.05, 3.63) is 35.5 Å². The molecule has 4 bridgehead atoms. The highest BCUT2D eigenvalue weighted by Crippen LogP contribution is 2.55. The van der Waals surface area contributed by atoms with Gasteiger partial charge in [0, 0.05) is 23.5 Å². The molecule has 3 nitrogen and oxygen atoms in total. The summed E-state index contributed by atoms with van der Waals surface area (Å²) in [4.78, 5) is 12.9. The average Bonchev–Trinajstić information content (AvgIpc) is 2.86. The molecule has 5 fully saturated rings. The maximum atomic E-state index is 12.9. The zero-order valence-electron chi connectivity index (χ0n) is 23.7. The zero-order chi connectivity index (χ0) is 26.3. The van der Waals surface area contributed by atoms with Gasteiger partial charge in [-0.25, -0.2) is 0 Å². The number of nitrogens with one attached hydrogen (secondary N) is 1. The topological polar surface area (TPSA) is 49.3 Å². The van der Waals surface area contributed by atoms with E-state index in [1.807, 2.05) is 25.2 Å². The summed E-state index contributed by atoms with van der Waals surface area (Å²) in [6, 6.07) is 0. The predicted octanol–water partition coefficient (Wildman–Crippen LogP) is 7.66. The Bertz CT molecular complexity index is 888. The van der Waals surface area contributed by atoms with Crippen molar-refractivity contribution in [2.75, 3.05) is 0 Å². The lowest BCUT2D eigenvalue weighted by Crippen LogP contribution is -2.60. The van der Waals surface area contributed by atoms with Crippen molar-refractivity contribution in [3.8, 4) is 11.8 Å². The van der Waals surface area contributed by atoms with Crippen molar-refractivity contribution in [2.24, 2.45) is 29.6 Å². The smallest absolute Gasteiger partial charge is 0.247 e. The number of unbranched alkanes of at least 4 members (excludes halogenated alkanes) is 1. The largest absolute Gasteiger partial charge is 0.388 e. The number of aliphatic hydroxyl groups is 1. The van der Waals surface area contributed by atoms with Gasteiger partial charge in [-0.1, -0.05) is 69.1 Å². The van der Waals surface area contributed by atoms with E-state index < -0.39 is 6.10 Å². The Balaban J connectivity index is 1.14. The molecule has 1 amide bonds. The van der Waals surface area contributed by atoms with Gasteiger partial charge in [0.15, 0.2) is 0 Å². The number of aliphatic hydroxyl groups excluding tert-OH is 1. The second kappa shape index (κ2) is 13.3. The van der Waals surface area contributed by atoms with Gasteiger partial charge in [0.05, 0.1) is 6.10 Å². The first kappa shape index (κ1) is 28.2. The Labute approximate surface area is 226 Å². The van der Waals surface area contributed by atoms with Crippen LogP contribution >= 0.6 is 0 Å². The van der Waals surface area contributed by atoms with Crippen molar-refractivity contribution < 1.29 is 9.90 Å². The summed E-state index contributed by atoms with van der Waals surface area (Å²) >= 11 is 0. The van der Waals surface area contributed by atoms with Gasteiger partial charge in [-0.2, -0.15) is 0 Å². The molecule has 0 spiro atoms. The Hall–Kier alpha value is -1.79. The molecule has 0 heterocycles. The summed E-state index contributed by atoms with van der Waals surface area (Å²) in [5, 5.41) is 14.1. The Morgan fingerprint density at radius 3 is 2.30 bits per heavy atom. The van der Waals surface area contributed by atoms with Gasteiger partial charge in [-0.15, -0.1) is 0 Å². The van der Waals surface area contributed by atoms with Crippen molar-refractivity contribution in [2.45, 2.75) is 129 Å². The van der Waals surface area contributed by atoms with Crippen molar-refractivity contribution in [1.29, 1.82) is 0 Å². The summed E-state index contributed by atoms with van der Waals surface area (Å²) in [5.74, 6) is 9.89. The molecule has 2 atom stereocenters. The van der Waals surface area contributed by atoms with E-state index >= 15 is 0 Å². The SMILES string of the molecule is C/C(=C\CCC#C/C=C/[C@@H](C)[C@@H](O)/C(C)=C/CCC1CCCCC1)C(=O)NC12CC3CC(CC(C3)C1)C2. The second-order valence-electron chi connectivity index (χ2n) is 13.1. The highest BCUT2D eigenvalue weighted by Gasteiger charge is 2.51. The highest BCUT2D eigenvalue weighted by atomic mass is 16.3. The molecule has 0 saturated heterocycles. The van der Waals surface area contributed by atoms with Crippen LogP contribution in [0.3, 0.4) is 0 Å². The predicted molar refractivity (Wildman–Crippen MR) is 154 cm³/mol. The molecule has 5 saturated carbocycles. The molecule has 0 aromatic carbocycles. The normalized spacial score (nSPS) is 31.7. The van der Waals surface area contributed by atoms with E-state index in [0.717, 1.165) is 54.1 Å². The quantitative estimate of drug-likeness (QED) is 0.139. The van der Waals surface area contributed by atoms with E-state index in [9.17, 15) is 9.90 Å². The lowest BCUT2D eigenvalue weighted by molar-refractivity contribution is -0.123. The van der Waals surface area contributed by atoms with Gasteiger partial charge in [0.25, 0.3) is 0 Å². The molecule has 0 unspecified atom stereocenters. The van der Waals surface area contributed by atoms with E-state index in [-0.39, 0.29) is 17.4 Å². The number of carbonyl (C=O) groups is 1. The molecule has 3 heteroatoms. The van der Waals surface area contributed by atoms with Crippen molar-refractivity contribution in [3.63, 3.8) is 0 Å². The lowest BCUT2D eigenvalue weighted by Gasteiger charge is -2.56. The van der Waals surface area contributed by atoms with Crippen LogP contribution in [0.1, 0.15) is 117 Å². The minimum Gasteiger partial charge on any atom is -0.388 e. The van der Waals surface area contributed by atoms with E-state index in [1.165, 1.54) is 77.0 Å². The standard InChI is InChI=1S/C34H51NO2/c1-25(32(36)26(2)15-12-18-28-16-10-7-11-17-28)13-8-5-4-6-9-14-27(3)33(37)35-34-22-29-19-30(23-34)21-31(20-29)24-34/h8,13-15,25,28-32,36H,6-7,9-12,16-24H2,1-3H3,(H,35,37)/b13-8+,26-15+,27-14+/t25-,29?,30?,31?,32-,34?/m1/s1. The molecular formula is C34H51NO2. The maximum absolute atomic E-state index is 12.9. The van der Waals surface area contributed by atoms with Crippen LogP contribution < -0.4 is 5.32 Å². The summed E-state index contributed by atoms with van der Waals surface area (Å²) < 4.78 is 0. The fourth-order valence-corrected chi connectivity index (χ4v) is 8.05. The maximum Gasteiger partial charge on any atom is 0.247 e. The molecule has 0 aliphatic heterocycles. The second-order valence-corrected chi connectivity index (χ2v) is 13.1. The van der Waals surface area contributed by atoms with Gasteiger partial charge < -0.3 is 10.4 Å². The number of allylic oxidation sites excluding steroid dienone is 3. The number of hydrogen-bond acceptors (Lipinski definition) is 2. The molecule has 5 aliphatic rings. The minimum absolute atomic E-state index is 0.0515. The molecule has 204 valence electrons. The summed E-state index contributed by atoms with van der Waals surface area (Å²) in [6.07, 6.45) is 26.3. The van der Waals surface area contributed by atoms with Crippen LogP contribution in [-0.4, -0.2) is 22.7 Å². The van der Waals surface area contributed by atoms with Crippen LogP contribution in [0.4, 0.5) is 0 Å². The number of rotatable bonds is 10. The Morgan fingerprint density at radius 2 is 1.65 bits per heavy atom. The third-order valence-electron chi connectivity index (χ3n) is 9.81. The monoisotopic (exact) mass is 505 g/mol. The van der Waals surface area contributed by atoms with E-state index in [1.54, 1.807) is 0 Å². The zero-order valence-corrected chi connectivity index (χ0v) is 23.7. The molecule has 0 aromatic heterocycles. The van der Waals surface area contributed by atoms with Gasteiger partial charge in [0.1, 0.15) is 0 Å². The first-order valence-electron chi connectivity index (χ1n) is 15.3. The first-order valence-corrected chi connectivity index (χ1v) is 15.3. The molecule has 0 radical (unpaired) electrons. The van der Waals surface area contributed by atoms with Gasteiger partial charge >= 0.3 is 0 Å². The Morgan fingerprint density at radius 1 is 1.00 bits per heavy atom. The van der Waals surface area contributed by atoms with Crippen LogP contribution in [-0.2, 0) is 4.79 Å². The van der Waals surface area contributed by atoms with Crippen LogP contribution in [0.2, 0.25) is 0 Å². The summed E-state index contributed by atoms with van der Waals surface area (Å²) in [6.45, 7) is 6.04. The van der Waals surface area contributed by atoms with Gasteiger partial charge in [-0.3, -0.25) is 4.79 Å².